The molecule has 5 nitrogen and oxygen atoms in total. The van der Waals surface area contributed by atoms with Gasteiger partial charge in [0.2, 0.25) is 0 Å². The Bertz CT molecular complexity index is 534. The Kier molecular flexibility index (Phi) is 3.85. The molecule has 0 spiro atoms. The molecule has 19 heavy (non-hydrogen) atoms. The summed E-state index contributed by atoms with van der Waals surface area (Å²) in [6.45, 7) is 2.10. The van der Waals surface area contributed by atoms with E-state index in [0.29, 0.717) is 10.9 Å². The van der Waals surface area contributed by atoms with Crippen LogP contribution in [0.25, 0.3) is 0 Å². The van der Waals surface area contributed by atoms with Gasteiger partial charge in [-0.05, 0) is 12.8 Å². The highest BCUT2D eigenvalue weighted by Crippen LogP contribution is 2.31. The van der Waals surface area contributed by atoms with Gasteiger partial charge in [0.15, 0.2) is 5.92 Å². The highest BCUT2D eigenvalue weighted by atomic mass is 35.5. The molecular formula is C13H17ClN3O2+. The standard InChI is InChI=1S/C13H17ClN3O2/c1-4-5-6-8-7-15-11-9(10(8)14)12(18)17(3)13(19)16(11)2/h7,9H,4-6H2,1-3H3/q+1. The number of urea groups is 1. The van der Waals surface area contributed by atoms with E-state index in [-0.39, 0.29) is 11.9 Å². The maximum absolute atomic E-state index is 12.2. The Morgan fingerprint density at radius 3 is 2.79 bits per heavy atom. The number of halogens is 1. The van der Waals surface area contributed by atoms with Gasteiger partial charge in [0, 0.05) is 10.6 Å². The molecule has 2 aliphatic rings. The highest BCUT2D eigenvalue weighted by Gasteiger charge is 2.47. The molecule has 1 unspecified atom stereocenters. The fraction of sp³-hybridized carbons (Fsp3) is 0.538. The Hall–Kier alpha value is -1.49. The van der Waals surface area contributed by atoms with Crippen molar-refractivity contribution in [1.29, 1.82) is 0 Å². The zero-order chi connectivity index (χ0) is 14.2. The van der Waals surface area contributed by atoms with Gasteiger partial charge in [0.05, 0.1) is 14.1 Å². The maximum Gasteiger partial charge on any atom is 0.445 e. The maximum atomic E-state index is 12.2. The molecule has 2 heterocycles. The Morgan fingerprint density at radius 2 is 2.16 bits per heavy atom. The van der Waals surface area contributed by atoms with E-state index < -0.39 is 5.92 Å². The fourth-order valence-electron chi connectivity index (χ4n) is 2.24. The van der Waals surface area contributed by atoms with Gasteiger partial charge in [-0.1, -0.05) is 24.9 Å². The molecule has 0 bridgehead atoms. The summed E-state index contributed by atoms with van der Waals surface area (Å²) < 4.78 is 1.38. The van der Waals surface area contributed by atoms with Crippen LogP contribution in [-0.4, -0.2) is 47.6 Å². The first-order chi connectivity index (χ1) is 8.99. The van der Waals surface area contributed by atoms with Gasteiger partial charge < -0.3 is 0 Å². The summed E-state index contributed by atoms with van der Waals surface area (Å²) in [6, 6.07) is -0.380. The molecule has 3 amide bonds. The lowest BCUT2D eigenvalue weighted by molar-refractivity contribution is -0.407. The van der Waals surface area contributed by atoms with Crippen LogP contribution in [0.2, 0.25) is 0 Å². The molecule has 6 heteroatoms. The number of carbonyl (C=O) groups is 2. The lowest BCUT2D eigenvalue weighted by Gasteiger charge is -2.26. The Labute approximate surface area is 117 Å². The number of fused-ring (bicyclic) bond motifs is 1. The van der Waals surface area contributed by atoms with Crippen molar-refractivity contribution in [3.05, 3.63) is 10.6 Å². The SMILES string of the molecule is CCCCC1=C(Cl)C2C(=O)N(C)C(=O)[N+](C)=C2N=C1. The van der Waals surface area contributed by atoms with Crippen LogP contribution in [0.5, 0.6) is 0 Å². The molecule has 2 rings (SSSR count). The van der Waals surface area contributed by atoms with Crippen LogP contribution in [-0.2, 0) is 4.79 Å². The third kappa shape index (κ3) is 2.23. The smallest absolute Gasteiger partial charge is 0.255 e. The van der Waals surface area contributed by atoms with Crippen molar-refractivity contribution in [3.63, 3.8) is 0 Å². The molecule has 0 aromatic carbocycles. The summed E-state index contributed by atoms with van der Waals surface area (Å²) in [4.78, 5) is 29.4. The van der Waals surface area contributed by atoms with Gasteiger partial charge in [0.1, 0.15) is 6.21 Å². The Balaban J connectivity index is 2.44. The molecular weight excluding hydrogens is 266 g/mol. The third-order valence-electron chi connectivity index (χ3n) is 3.47. The number of rotatable bonds is 3. The first kappa shape index (κ1) is 13.9. The number of aliphatic imine (C=N–C) groups is 1. The van der Waals surface area contributed by atoms with Crippen molar-refractivity contribution >= 4 is 35.6 Å². The zero-order valence-electron chi connectivity index (χ0n) is 11.3. The van der Waals surface area contributed by atoms with E-state index in [1.54, 1.807) is 13.3 Å². The summed E-state index contributed by atoms with van der Waals surface area (Å²) in [7, 11) is 3.07. The quantitative estimate of drug-likeness (QED) is 0.744. The predicted molar refractivity (Wildman–Crippen MR) is 73.7 cm³/mol. The van der Waals surface area contributed by atoms with E-state index in [0.717, 1.165) is 29.7 Å². The highest BCUT2D eigenvalue weighted by molar-refractivity contribution is 6.37. The van der Waals surface area contributed by atoms with E-state index in [1.165, 1.54) is 11.6 Å². The number of nitrogens with zero attached hydrogens (tertiary/aromatic N) is 3. The summed E-state index contributed by atoms with van der Waals surface area (Å²) in [6.07, 6.45) is 4.52. The molecule has 0 aromatic heterocycles. The average Bonchev–Trinajstić information content (AvgIpc) is 2.41. The largest absolute Gasteiger partial charge is 0.445 e. The summed E-state index contributed by atoms with van der Waals surface area (Å²) in [5.74, 6) is -0.529. The van der Waals surface area contributed by atoms with Gasteiger partial charge in [0.25, 0.3) is 5.84 Å². The summed E-state index contributed by atoms with van der Waals surface area (Å²) in [5.41, 5.74) is 0.891. The van der Waals surface area contributed by atoms with Crippen LogP contribution in [0.4, 0.5) is 4.79 Å². The normalized spacial score (nSPS) is 23.4. The first-order valence-corrected chi connectivity index (χ1v) is 6.71. The van der Waals surface area contributed by atoms with Crippen molar-refractivity contribution in [2.75, 3.05) is 14.1 Å². The summed E-state index contributed by atoms with van der Waals surface area (Å²) in [5, 5.41) is 0.495. The fourth-order valence-corrected chi connectivity index (χ4v) is 2.57. The molecule has 1 atom stereocenters. The van der Waals surface area contributed by atoms with Crippen LogP contribution in [0.1, 0.15) is 26.2 Å². The van der Waals surface area contributed by atoms with Gasteiger partial charge in [-0.15, -0.1) is 4.99 Å². The number of dihydropyridines is 1. The van der Waals surface area contributed by atoms with Gasteiger partial charge in [-0.25, -0.2) is 4.79 Å². The minimum Gasteiger partial charge on any atom is -0.255 e. The number of imide groups is 1. The minimum atomic E-state index is -0.633. The topological polar surface area (TPSA) is 52.8 Å². The van der Waals surface area contributed by atoms with Crippen LogP contribution < -0.4 is 0 Å². The second-order valence-corrected chi connectivity index (χ2v) is 5.17. The van der Waals surface area contributed by atoms with Gasteiger partial charge in [-0.2, -0.15) is 9.48 Å². The Morgan fingerprint density at radius 1 is 1.47 bits per heavy atom. The van der Waals surface area contributed by atoms with Crippen molar-refractivity contribution in [1.82, 2.24) is 4.90 Å². The van der Waals surface area contributed by atoms with Crippen LogP contribution in [0, 0.1) is 5.92 Å². The average molecular weight is 283 g/mol. The molecule has 0 aliphatic carbocycles. The van der Waals surface area contributed by atoms with E-state index in [4.69, 9.17) is 11.6 Å². The number of amides is 3. The molecule has 0 saturated carbocycles. The van der Waals surface area contributed by atoms with Crippen molar-refractivity contribution in [3.8, 4) is 0 Å². The number of hydrogen-bond acceptors (Lipinski definition) is 3. The van der Waals surface area contributed by atoms with Crippen LogP contribution in [0.3, 0.4) is 0 Å². The molecule has 0 fully saturated rings. The van der Waals surface area contributed by atoms with Gasteiger partial charge in [-0.3, -0.25) is 4.79 Å². The number of amidine groups is 1. The number of hydrogen-bond donors (Lipinski definition) is 0. The van der Waals surface area contributed by atoms with E-state index in [9.17, 15) is 9.59 Å². The lowest BCUT2D eigenvalue weighted by atomic mass is 9.96. The van der Waals surface area contributed by atoms with E-state index >= 15 is 0 Å². The van der Waals surface area contributed by atoms with Crippen LogP contribution >= 0.6 is 11.6 Å². The lowest BCUT2D eigenvalue weighted by Crippen LogP contribution is -2.52. The second-order valence-electron chi connectivity index (χ2n) is 4.76. The number of allylic oxidation sites excluding steroid dienone is 1. The summed E-state index contributed by atoms with van der Waals surface area (Å²) >= 11 is 6.35. The molecule has 2 aliphatic heterocycles. The number of unbranched alkanes of at least 4 members (excludes halogenated alkanes) is 1. The zero-order valence-corrected chi connectivity index (χ0v) is 12.1. The van der Waals surface area contributed by atoms with Crippen LogP contribution in [0.15, 0.2) is 15.6 Å². The molecule has 0 aromatic rings. The third-order valence-corrected chi connectivity index (χ3v) is 3.93. The van der Waals surface area contributed by atoms with Crippen molar-refractivity contribution in [2.24, 2.45) is 10.9 Å². The van der Waals surface area contributed by atoms with Gasteiger partial charge >= 0.3 is 11.9 Å². The number of carbonyl (C=O) groups excluding carboxylic acids is 2. The van der Waals surface area contributed by atoms with E-state index in [2.05, 4.69) is 11.9 Å². The molecule has 0 radical (unpaired) electrons. The minimum absolute atomic E-state index is 0.311. The van der Waals surface area contributed by atoms with Crippen molar-refractivity contribution in [2.45, 2.75) is 26.2 Å². The van der Waals surface area contributed by atoms with E-state index in [1.807, 2.05) is 0 Å². The monoisotopic (exact) mass is 282 g/mol. The molecule has 102 valence electrons. The van der Waals surface area contributed by atoms with Crippen molar-refractivity contribution < 1.29 is 14.2 Å². The molecule has 0 N–H and O–H groups in total. The second kappa shape index (κ2) is 5.25. The molecule has 0 saturated heterocycles. The first-order valence-electron chi connectivity index (χ1n) is 6.33. The predicted octanol–water partition coefficient (Wildman–Crippen LogP) is 2.00.